The lowest BCUT2D eigenvalue weighted by molar-refractivity contribution is -0.117. The zero-order valence-electron chi connectivity index (χ0n) is 13.4. The maximum Gasteiger partial charge on any atom is 0.242 e. The van der Waals surface area contributed by atoms with E-state index in [-0.39, 0.29) is 5.91 Å². The van der Waals surface area contributed by atoms with E-state index in [1.165, 1.54) is 0 Å². The Morgan fingerprint density at radius 2 is 1.92 bits per heavy atom. The molecule has 1 unspecified atom stereocenters. The van der Waals surface area contributed by atoms with Crippen molar-refractivity contribution in [3.63, 3.8) is 0 Å². The summed E-state index contributed by atoms with van der Waals surface area (Å²) < 4.78 is 1.63. The van der Waals surface area contributed by atoms with Crippen molar-refractivity contribution >= 4 is 11.7 Å². The van der Waals surface area contributed by atoms with Crippen LogP contribution in [0.5, 0.6) is 0 Å². The molecular formula is C18H19N5O. The van der Waals surface area contributed by atoms with Gasteiger partial charge in [0.1, 0.15) is 5.82 Å². The zero-order valence-corrected chi connectivity index (χ0v) is 13.4. The number of nitrogens with zero attached hydrogens (tertiary/aromatic N) is 3. The largest absolute Gasteiger partial charge is 0.320 e. The molecule has 1 amide bonds. The van der Waals surface area contributed by atoms with Crippen LogP contribution in [-0.4, -0.2) is 26.7 Å². The van der Waals surface area contributed by atoms with E-state index in [9.17, 15) is 4.79 Å². The predicted molar refractivity (Wildman–Crippen MR) is 93.2 cm³/mol. The molecule has 3 aromatic rings. The molecule has 0 saturated carbocycles. The van der Waals surface area contributed by atoms with E-state index in [0.717, 1.165) is 16.8 Å². The van der Waals surface area contributed by atoms with Gasteiger partial charge in [-0.3, -0.25) is 14.5 Å². The molecule has 3 rings (SSSR count). The molecular weight excluding hydrogens is 302 g/mol. The van der Waals surface area contributed by atoms with E-state index in [4.69, 9.17) is 5.73 Å². The van der Waals surface area contributed by atoms with Crippen LogP contribution in [-0.2, 0) is 18.3 Å². The maximum absolute atomic E-state index is 12.3. The molecule has 3 N–H and O–H groups in total. The number of anilines is 1. The summed E-state index contributed by atoms with van der Waals surface area (Å²) in [5.74, 6) is 0.374. The lowest BCUT2D eigenvalue weighted by Crippen LogP contribution is -2.37. The highest BCUT2D eigenvalue weighted by Gasteiger charge is 2.16. The smallest absolute Gasteiger partial charge is 0.242 e. The Hall–Kier alpha value is -2.99. The van der Waals surface area contributed by atoms with Gasteiger partial charge in [-0.15, -0.1) is 0 Å². The second kappa shape index (κ2) is 7.06. The molecule has 0 radical (unpaired) electrons. The zero-order chi connectivity index (χ0) is 16.9. The molecule has 0 spiro atoms. The quantitative estimate of drug-likeness (QED) is 0.752. The van der Waals surface area contributed by atoms with Gasteiger partial charge in [-0.25, -0.2) is 0 Å². The van der Waals surface area contributed by atoms with Crippen LogP contribution in [0.4, 0.5) is 5.82 Å². The summed E-state index contributed by atoms with van der Waals surface area (Å²) in [5.41, 5.74) is 8.76. The van der Waals surface area contributed by atoms with Gasteiger partial charge < -0.3 is 11.1 Å². The first-order chi connectivity index (χ1) is 11.6. The second-order valence-corrected chi connectivity index (χ2v) is 5.56. The lowest BCUT2D eigenvalue weighted by atomic mass is 10.1. The Morgan fingerprint density at radius 1 is 1.21 bits per heavy atom. The fourth-order valence-electron chi connectivity index (χ4n) is 2.43. The second-order valence-electron chi connectivity index (χ2n) is 5.56. The van der Waals surface area contributed by atoms with E-state index in [2.05, 4.69) is 15.4 Å². The van der Waals surface area contributed by atoms with Gasteiger partial charge in [0.25, 0.3) is 0 Å². The highest BCUT2D eigenvalue weighted by Crippen LogP contribution is 2.20. The van der Waals surface area contributed by atoms with E-state index < -0.39 is 6.04 Å². The summed E-state index contributed by atoms with van der Waals surface area (Å²) in [7, 11) is 1.78. The third kappa shape index (κ3) is 3.67. The minimum absolute atomic E-state index is 0.233. The van der Waals surface area contributed by atoms with Crippen molar-refractivity contribution in [3.05, 3.63) is 66.5 Å². The number of hydrogen-bond donors (Lipinski definition) is 2. The molecule has 6 nitrogen and oxygen atoms in total. The van der Waals surface area contributed by atoms with Crippen molar-refractivity contribution in [2.24, 2.45) is 12.8 Å². The Balaban J connectivity index is 1.69. The van der Waals surface area contributed by atoms with Crippen molar-refractivity contribution < 1.29 is 4.79 Å². The van der Waals surface area contributed by atoms with Crippen LogP contribution in [0, 0.1) is 0 Å². The maximum atomic E-state index is 12.3. The van der Waals surface area contributed by atoms with Crippen LogP contribution in [0.1, 0.15) is 5.56 Å². The number of aromatic nitrogens is 3. The monoisotopic (exact) mass is 321 g/mol. The predicted octanol–water partition coefficient (Wildman–Crippen LogP) is 1.99. The summed E-state index contributed by atoms with van der Waals surface area (Å²) in [6.07, 6.45) is 3.90. The van der Waals surface area contributed by atoms with Crippen molar-refractivity contribution in [3.8, 4) is 11.3 Å². The van der Waals surface area contributed by atoms with Gasteiger partial charge in [0.15, 0.2) is 0 Å². The Bertz CT molecular complexity index is 814. The minimum Gasteiger partial charge on any atom is -0.320 e. The summed E-state index contributed by atoms with van der Waals surface area (Å²) in [6.45, 7) is 0. The number of pyridine rings is 1. The summed E-state index contributed by atoms with van der Waals surface area (Å²) >= 11 is 0. The molecule has 0 fully saturated rings. The lowest BCUT2D eigenvalue weighted by Gasteiger charge is -2.12. The third-order valence-corrected chi connectivity index (χ3v) is 3.74. The number of rotatable bonds is 5. The van der Waals surface area contributed by atoms with E-state index >= 15 is 0 Å². The molecule has 6 heteroatoms. The molecule has 0 aliphatic carbocycles. The molecule has 2 heterocycles. The van der Waals surface area contributed by atoms with E-state index in [1.807, 2.05) is 48.5 Å². The number of amides is 1. The molecule has 0 saturated heterocycles. The number of hydrogen-bond acceptors (Lipinski definition) is 4. The fraction of sp³-hybridized carbons (Fsp3) is 0.167. The molecule has 0 aliphatic rings. The Labute approximate surface area is 140 Å². The molecule has 2 aromatic heterocycles. The van der Waals surface area contributed by atoms with Gasteiger partial charge in [0.2, 0.25) is 5.91 Å². The minimum atomic E-state index is -0.619. The van der Waals surface area contributed by atoms with Crippen LogP contribution in [0.25, 0.3) is 11.3 Å². The highest BCUT2D eigenvalue weighted by molar-refractivity contribution is 5.94. The topological polar surface area (TPSA) is 85.8 Å². The number of nitrogens with two attached hydrogens (primary N) is 1. The normalized spacial score (nSPS) is 11.9. The number of carbonyl (C=O) groups excluding carboxylic acids is 1. The van der Waals surface area contributed by atoms with Gasteiger partial charge in [0, 0.05) is 31.1 Å². The highest BCUT2D eigenvalue weighted by atomic mass is 16.2. The van der Waals surface area contributed by atoms with Crippen molar-refractivity contribution in [2.45, 2.75) is 12.5 Å². The first kappa shape index (κ1) is 15.9. The summed E-state index contributed by atoms with van der Waals surface area (Å²) in [5, 5.41) is 7.25. The van der Waals surface area contributed by atoms with Crippen LogP contribution < -0.4 is 11.1 Å². The van der Waals surface area contributed by atoms with Crippen molar-refractivity contribution in [1.29, 1.82) is 0 Å². The van der Waals surface area contributed by atoms with Crippen LogP contribution in [0.15, 0.2) is 60.9 Å². The first-order valence-electron chi connectivity index (χ1n) is 7.68. The molecule has 0 aliphatic heterocycles. The van der Waals surface area contributed by atoms with Crippen LogP contribution >= 0.6 is 0 Å². The van der Waals surface area contributed by atoms with Crippen molar-refractivity contribution in [2.75, 3.05) is 5.32 Å². The molecule has 24 heavy (non-hydrogen) atoms. The fourth-order valence-corrected chi connectivity index (χ4v) is 2.43. The molecule has 1 atom stereocenters. The number of carbonyl (C=O) groups is 1. The van der Waals surface area contributed by atoms with E-state index in [0.29, 0.717) is 12.2 Å². The number of benzene rings is 1. The SMILES string of the molecule is Cn1nc(-c2ccncc2)cc1NC(=O)C(N)Cc1ccccc1. The summed E-state index contributed by atoms with van der Waals surface area (Å²) in [4.78, 5) is 16.3. The molecule has 0 bridgehead atoms. The molecule has 122 valence electrons. The Morgan fingerprint density at radius 3 is 2.62 bits per heavy atom. The van der Waals surface area contributed by atoms with E-state index in [1.54, 1.807) is 24.1 Å². The van der Waals surface area contributed by atoms with Crippen LogP contribution in [0.3, 0.4) is 0 Å². The third-order valence-electron chi connectivity index (χ3n) is 3.74. The molecule has 1 aromatic carbocycles. The van der Waals surface area contributed by atoms with Gasteiger partial charge in [-0.05, 0) is 24.1 Å². The van der Waals surface area contributed by atoms with Crippen LogP contribution in [0.2, 0.25) is 0 Å². The Kier molecular flexibility index (Phi) is 4.67. The van der Waals surface area contributed by atoms with Gasteiger partial charge in [0.05, 0.1) is 11.7 Å². The average molecular weight is 321 g/mol. The summed E-state index contributed by atoms with van der Waals surface area (Å²) in [6, 6.07) is 14.7. The van der Waals surface area contributed by atoms with Gasteiger partial charge >= 0.3 is 0 Å². The number of nitrogens with one attached hydrogen (secondary N) is 1. The average Bonchev–Trinajstić information content (AvgIpc) is 2.97. The van der Waals surface area contributed by atoms with Gasteiger partial charge in [-0.1, -0.05) is 30.3 Å². The standard InChI is InChI=1S/C18H19N5O/c1-23-17(12-16(22-23)14-7-9-20-10-8-14)21-18(24)15(19)11-13-5-3-2-4-6-13/h2-10,12,15H,11,19H2,1H3,(H,21,24). The van der Waals surface area contributed by atoms with Crippen molar-refractivity contribution in [1.82, 2.24) is 14.8 Å². The number of aryl methyl sites for hydroxylation is 1. The first-order valence-corrected chi connectivity index (χ1v) is 7.68. The van der Waals surface area contributed by atoms with Gasteiger partial charge in [-0.2, -0.15) is 5.10 Å².